The first-order chi connectivity index (χ1) is 13.1. The number of pyridine rings is 1. The summed E-state index contributed by atoms with van der Waals surface area (Å²) in [7, 11) is 0. The monoisotopic (exact) mass is 406 g/mol. The van der Waals surface area contributed by atoms with Crippen LogP contribution in [0.25, 0.3) is 0 Å². The molecule has 0 radical (unpaired) electrons. The lowest BCUT2D eigenvalue weighted by atomic mass is 9.94. The Kier molecular flexibility index (Phi) is 4.42. The fraction of sp³-hybridized carbons (Fsp3) is 0.529. The number of halogens is 6. The molecule has 2 aromatic heterocycles. The topological polar surface area (TPSA) is 54.0 Å². The van der Waals surface area contributed by atoms with Gasteiger partial charge in [-0.05, 0) is 25.0 Å². The third-order valence-corrected chi connectivity index (χ3v) is 5.25. The number of nitrogens with one attached hydrogen (secondary N) is 1. The molecule has 4 rings (SSSR count). The number of piperidine rings is 1. The average molecular weight is 406 g/mol. The van der Waals surface area contributed by atoms with Gasteiger partial charge in [0.25, 0.3) is 0 Å². The number of H-pyrrole nitrogens is 1. The molecule has 2 fully saturated rings. The van der Waals surface area contributed by atoms with Gasteiger partial charge in [0.1, 0.15) is 11.9 Å². The van der Waals surface area contributed by atoms with Gasteiger partial charge in [0.2, 0.25) is 5.88 Å². The van der Waals surface area contributed by atoms with E-state index in [1.807, 2.05) is 4.90 Å². The molecule has 3 heterocycles. The number of rotatable bonds is 3. The van der Waals surface area contributed by atoms with Gasteiger partial charge in [-0.15, -0.1) is 0 Å². The van der Waals surface area contributed by atoms with E-state index >= 15 is 0 Å². The first kappa shape index (κ1) is 18.9. The van der Waals surface area contributed by atoms with Gasteiger partial charge in [0.05, 0.1) is 5.56 Å². The maximum absolute atomic E-state index is 12.7. The van der Waals surface area contributed by atoms with E-state index in [1.165, 1.54) is 6.07 Å². The maximum atomic E-state index is 12.7. The highest BCUT2D eigenvalue weighted by Crippen LogP contribution is 2.41. The van der Waals surface area contributed by atoms with E-state index in [0.717, 1.165) is 31.2 Å². The molecule has 0 spiro atoms. The fourth-order valence-electron chi connectivity index (χ4n) is 3.95. The van der Waals surface area contributed by atoms with Crippen molar-refractivity contribution in [2.24, 2.45) is 11.8 Å². The molecule has 28 heavy (non-hydrogen) atoms. The Morgan fingerprint density at radius 1 is 1.00 bits per heavy atom. The molecule has 1 aliphatic heterocycles. The Morgan fingerprint density at radius 2 is 1.68 bits per heavy atom. The molecule has 2 aliphatic rings. The largest absolute Gasteiger partial charge is 0.474 e. The third kappa shape index (κ3) is 3.61. The molecule has 11 heteroatoms. The Balaban J connectivity index is 1.44. The Bertz CT molecular complexity index is 817. The van der Waals surface area contributed by atoms with Crippen LogP contribution in [0.2, 0.25) is 0 Å². The van der Waals surface area contributed by atoms with Gasteiger partial charge in [-0.1, -0.05) is 0 Å². The van der Waals surface area contributed by atoms with E-state index in [4.69, 9.17) is 4.74 Å². The zero-order valence-electron chi connectivity index (χ0n) is 14.4. The molecule has 0 unspecified atom stereocenters. The van der Waals surface area contributed by atoms with Gasteiger partial charge in [-0.3, -0.25) is 0 Å². The molecule has 0 aromatic carbocycles. The SMILES string of the molecule is FC(F)(F)c1ccc(N2C[C@H]3CC[C@@H](C2)[C@@H]3Oc2cc(C(F)(F)F)n[nH]2)nc1. The van der Waals surface area contributed by atoms with E-state index < -0.39 is 23.6 Å². The van der Waals surface area contributed by atoms with Crippen LogP contribution >= 0.6 is 0 Å². The van der Waals surface area contributed by atoms with Crippen molar-refractivity contribution in [3.05, 3.63) is 35.7 Å². The predicted octanol–water partition coefficient (Wildman–Crippen LogP) is 4.14. The smallest absolute Gasteiger partial charge is 0.435 e. The second-order valence-electron chi connectivity index (χ2n) is 7.10. The van der Waals surface area contributed by atoms with Gasteiger partial charge >= 0.3 is 12.4 Å². The molecule has 1 saturated carbocycles. The third-order valence-electron chi connectivity index (χ3n) is 5.25. The number of aromatic amines is 1. The van der Waals surface area contributed by atoms with Crippen LogP contribution in [0.1, 0.15) is 24.1 Å². The Morgan fingerprint density at radius 3 is 2.18 bits per heavy atom. The van der Waals surface area contributed by atoms with Gasteiger partial charge < -0.3 is 9.64 Å². The Labute approximate surface area is 155 Å². The summed E-state index contributed by atoms with van der Waals surface area (Å²) in [5.41, 5.74) is -1.85. The number of aromatic nitrogens is 3. The van der Waals surface area contributed by atoms with Crippen LogP contribution in [-0.4, -0.2) is 34.4 Å². The molecular weight excluding hydrogens is 390 g/mol. The molecule has 0 amide bonds. The average Bonchev–Trinajstić information content (AvgIpc) is 3.17. The van der Waals surface area contributed by atoms with Crippen molar-refractivity contribution >= 4 is 5.82 Å². The number of hydrogen-bond donors (Lipinski definition) is 1. The maximum Gasteiger partial charge on any atom is 0.435 e. The second kappa shape index (κ2) is 6.56. The molecule has 2 bridgehead atoms. The summed E-state index contributed by atoms with van der Waals surface area (Å²) >= 11 is 0. The second-order valence-corrected chi connectivity index (χ2v) is 7.10. The normalized spacial score (nSPS) is 25.2. The molecule has 1 aliphatic carbocycles. The quantitative estimate of drug-likeness (QED) is 0.779. The molecule has 1 N–H and O–H groups in total. The van der Waals surface area contributed by atoms with E-state index in [1.54, 1.807) is 0 Å². The molecule has 2 aromatic rings. The summed E-state index contributed by atoms with van der Waals surface area (Å²) < 4.78 is 81.8. The number of alkyl halides is 6. The van der Waals surface area contributed by atoms with E-state index in [-0.39, 0.29) is 23.8 Å². The highest BCUT2D eigenvalue weighted by molar-refractivity contribution is 5.41. The van der Waals surface area contributed by atoms with Crippen molar-refractivity contribution < 1.29 is 31.1 Å². The predicted molar refractivity (Wildman–Crippen MR) is 85.7 cm³/mol. The number of anilines is 1. The number of hydrogen-bond acceptors (Lipinski definition) is 4. The van der Waals surface area contributed by atoms with Gasteiger partial charge in [0, 0.05) is 37.2 Å². The fourth-order valence-corrected chi connectivity index (χ4v) is 3.95. The summed E-state index contributed by atoms with van der Waals surface area (Å²) in [5, 5.41) is 5.49. The molecule has 3 atom stereocenters. The van der Waals surface area contributed by atoms with E-state index in [2.05, 4.69) is 15.2 Å². The minimum atomic E-state index is -4.55. The van der Waals surface area contributed by atoms with Crippen molar-refractivity contribution in [3.63, 3.8) is 0 Å². The minimum Gasteiger partial charge on any atom is -0.474 e. The summed E-state index contributed by atoms with van der Waals surface area (Å²) in [6.07, 6.45) is -6.80. The minimum absolute atomic E-state index is 0.0321. The Hall–Kier alpha value is -2.46. The van der Waals surface area contributed by atoms with Crippen LogP contribution in [0.3, 0.4) is 0 Å². The van der Waals surface area contributed by atoms with Crippen LogP contribution in [-0.2, 0) is 12.4 Å². The highest BCUT2D eigenvalue weighted by atomic mass is 19.4. The summed E-state index contributed by atoms with van der Waals surface area (Å²) in [6, 6.07) is 3.17. The van der Waals surface area contributed by atoms with Crippen molar-refractivity contribution in [2.75, 3.05) is 18.0 Å². The molecule has 152 valence electrons. The molecule has 1 saturated heterocycles. The van der Waals surface area contributed by atoms with Gasteiger partial charge in [-0.25, -0.2) is 10.1 Å². The summed E-state index contributed by atoms with van der Waals surface area (Å²) in [6.45, 7) is 1.03. The number of ether oxygens (including phenoxy) is 1. The van der Waals surface area contributed by atoms with Crippen molar-refractivity contribution in [2.45, 2.75) is 31.3 Å². The number of fused-ring (bicyclic) bond motifs is 2. The molecular formula is C17H16F6N4O. The van der Waals surface area contributed by atoms with Crippen LogP contribution in [0.4, 0.5) is 32.2 Å². The van der Waals surface area contributed by atoms with Crippen LogP contribution in [0.5, 0.6) is 5.88 Å². The van der Waals surface area contributed by atoms with Crippen LogP contribution < -0.4 is 9.64 Å². The zero-order chi connectivity index (χ0) is 20.1. The van der Waals surface area contributed by atoms with Crippen LogP contribution in [0, 0.1) is 11.8 Å². The molecule has 5 nitrogen and oxygen atoms in total. The summed E-state index contributed by atoms with van der Waals surface area (Å²) in [5.74, 6) is 0.500. The van der Waals surface area contributed by atoms with Crippen molar-refractivity contribution in [1.29, 1.82) is 0 Å². The van der Waals surface area contributed by atoms with E-state index in [9.17, 15) is 26.3 Å². The standard InChI is InChI=1S/C17H16F6N4O/c18-16(19,20)11-3-4-13(24-6-11)27-7-9-1-2-10(8-27)15(9)28-14-5-12(25-26-14)17(21,22)23/h3-6,9-10,15H,1-2,7-8H2,(H,25,26)/t9-,10+,15-. The lowest BCUT2D eigenvalue weighted by Gasteiger charge is -2.38. The lowest BCUT2D eigenvalue weighted by Crippen LogP contribution is -2.47. The first-order valence-corrected chi connectivity index (χ1v) is 8.69. The van der Waals surface area contributed by atoms with Gasteiger partial charge in [-0.2, -0.15) is 31.4 Å². The lowest BCUT2D eigenvalue weighted by molar-refractivity contribution is -0.141. The van der Waals surface area contributed by atoms with Crippen molar-refractivity contribution in [3.8, 4) is 5.88 Å². The summed E-state index contributed by atoms with van der Waals surface area (Å²) in [4.78, 5) is 5.83. The van der Waals surface area contributed by atoms with Crippen molar-refractivity contribution in [1.82, 2.24) is 15.2 Å². The van der Waals surface area contributed by atoms with E-state index in [0.29, 0.717) is 18.9 Å². The zero-order valence-corrected chi connectivity index (χ0v) is 14.4. The highest BCUT2D eigenvalue weighted by Gasteiger charge is 2.45. The number of nitrogens with zero attached hydrogens (tertiary/aromatic N) is 3. The first-order valence-electron chi connectivity index (χ1n) is 8.69. The van der Waals surface area contributed by atoms with Crippen LogP contribution in [0.15, 0.2) is 24.4 Å². The van der Waals surface area contributed by atoms with Gasteiger partial charge in [0.15, 0.2) is 5.69 Å².